The summed E-state index contributed by atoms with van der Waals surface area (Å²) in [6.45, 7) is 0.853. The maximum atomic E-state index is 12.6. The zero-order chi connectivity index (χ0) is 15.6. The Labute approximate surface area is 131 Å². The number of halogens is 1. The molecule has 0 aromatic heterocycles. The standard InChI is InChI=1S/C13H16BrNO5S/c14-11-7-10(13(17)18)1-2-12(11)21(19,20)15-5-3-9(8-15)4-6-16/h1-2,7,9,16H,3-6,8H2,(H,17,18). The molecular weight excluding hydrogens is 362 g/mol. The average molecular weight is 378 g/mol. The number of aliphatic hydroxyl groups excluding tert-OH is 1. The highest BCUT2D eigenvalue weighted by atomic mass is 79.9. The summed E-state index contributed by atoms with van der Waals surface area (Å²) < 4.78 is 26.8. The van der Waals surface area contributed by atoms with E-state index < -0.39 is 16.0 Å². The van der Waals surface area contributed by atoms with Crippen molar-refractivity contribution in [2.75, 3.05) is 19.7 Å². The van der Waals surface area contributed by atoms with Gasteiger partial charge in [0.2, 0.25) is 10.0 Å². The van der Waals surface area contributed by atoms with Gasteiger partial charge < -0.3 is 10.2 Å². The first-order valence-electron chi connectivity index (χ1n) is 6.50. The maximum absolute atomic E-state index is 12.6. The number of aromatic carboxylic acids is 1. The van der Waals surface area contributed by atoms with Crippen LogP contribution in [0.15, 0.2) is 27.6 Å². The lowest BCUT2D eigenvalue weighted by Gasteiger charge is -2.17. The number of sulfonamides is 1. The maximum Gasteiger partial charge on any atom is 0.335 e. The molecule has 2 N–H and O–H groups in total. The Morgan fingerprint density at radius 3 is 2.71 bits per heavy atom. The fourth-order valence-corrected chi connectivity index (χ4v) is 4.98. The summed E-state index contributed by atoms with van der Waals surface area (Å²) in [5.41, 5.74) is 0.0282. The van der Waals surface area contributed by atoms with Crippen LogP contribution in [-0.2, 0) is 10.0 Å². The highest BCUT2D eigenvalue weighted by Gasteiger charge is 2.33. The summed E-state index contributed by atoms with van der Waals surface area (Å²) in [6.07, 6.45) is 1.32. The first kappa shape index (κ1) is 16.4. The van der Waals surface area contributed by atoms with E-state index in [-0.39, 0.29) is 27.5 Å². The number of hydrogen-bond donors (Lipinski definition) is 2. The van der Waals surface area contributed by atoms with Gasteiger partial charge in [0.25, 0.3) is 0 Å². The minimum Gasteiger partial charge on any atom is -0.478 e. The third kappa shape index (κ3) is 3.45. The summed E-state index contributed by atoms with van der Waals surface area (Å²) in [4.78, 5) is 10.9. The van der Waals surface area contributed by atoms with Crippen LogP contribution >= 0.6 is 15.9 Å². The van der Waals surface area contributed by atoms with Gasteiger partial charge in [-0.15, -0.1) is 0 Å². The van der Waals surface area contributed by atoms with Crippen molar-refractivity contribution in [2.24, 2.45) is 5.92 Å². The van der Waals surface area contributed by atoms with Gasteiger partial charge >= 0.3 is 5.97 Å². The van der Waals surface area contributed by atoms with Crippen LogP contribution in [0.2, 0.25) is 0 Å². The molecule has 1 unspecified atom stereocenters. The predicted molar refractivity (Wildman–Crippen MR) is 79.7 cm³/mol. The Balaban J connectivity index is 2.26. The first-order chi connectivity index (χ1) is 9.86. The molecule has 1 aliphatic rings. The van der Waals surface area contributed by atoms with Gasteiger partial charge in [-0.25, -0.2) is 13.2 Å². The minimum atomic E-state index is -3.65. The lowest BCUT2D eigenvalue weighted by Crippen LogP contribution is -2.29. The van der Waals surface area contributed by atoms with E-state index in [1.54, 1.807) is 0 Å². The fourth-order valence-electron chi connectivity index (χ4n) is 2.42. The molecule has 0 saturated carbocycles. The largest absolute Gasteiger partial charge is 0.478 e. The predicted octanol–water partition coefficient (Wildman–Crippen LogP) is 1.54. The summed E-state index contributed by atoms with van der Waals surface area (Å²) in [6, 6.07) is 3.87. The number of aliphatic hydroxyl groups is 1. The summed E-state index contributed by atoms with van der Waals surface area (Å²) in [5.74, 6) is -0.939. The quantitative estimate of drug-likeness (QED) is 0.811. The van der Waals surface area contributed by atoms with E-state index in [1.807, 2.05) is 0 Å². The molecule has 1 aromatic rings. The van der Waals surface area contributed by atoms with Gasteiger partial charge in [-0.05, 0) is 52.9 Å². The van der Waals surface area contributed by atoms with Crippen LogP contribution < -0.4 is 0 Å². The van der Waals surface area contributed by atoms with Crippen LogP contribution in [0.5, 0.6) is 0 Å². The van der Waals surface area contributed by atoms with Crippen molar-refractivity contribution < 1.29 is 23.4 Å². The normalized spacial score (nSPS) is 19.8. The number of hydrogen-bond acceptors (Lipinski definition) is 4. The number of carboxylic acids is 1. The lowest BCUT2D eigenvalue weighted by atomic mass is 10.1. The number of nitrogens with zero attached hydrogens (tertiary/aromatic N) is 1. The van der Waals surface area contributed by atoms with Crippen LogP contribution in [0, 0.1) is 5.92 Å². The van der Waals surface area contributed by atoms with Crippen molar-refractivity contribution >= 4 is 31.9 Å². The summed E-state index contributed by atoms with van der Waals surface area (Å²) >= 11 is 3.14. The summed E-state index contributed by atoms with van der Waals surface area (Å²) in [5, 5.41) is 17.8. The van der Waals surface area contributed by atoms with Gasteiger partial charge in [-0.1, -0.05) is 0 Å². The smallest absolute Gasteiger partial charge is 0.335 e. The van der Waals surface area contributed by atoms with Crippen molar-refractivity contribution in [1.82, 2.24) is 4.31 Å². The molecule has 0 aliphatic carbocycles. The van der Waals surface area contributed by atoms with Crippen molar-refractivity contribution in [3.05, 3.63) is 28.2 Å². The van der Waals surface area contributed by atoms with Gasteiger partial charge in [0.15, 0.2) is 0 Å². The SMILES string of the molecule is O=C(O)c1ccc(S(=O)(=O)N2CCC(CCO)C2)c(Br)c1. The third-order valence-corrected chi connectivity index (χ3v) is 6.42. The molecule has 1 aliphatic heterocycles. The number of benzene rings is 1. The van der Waals surface area contributed by atoms with Gasteiger partial charge in [-0.3, -0.25) is 0 Å². The molecule has 1 heterocycles. The number of carbonyl (C=O) groups is 1. The fraction of sp³-hybridized carbons (Fsp3) is 0.462. The Morgan fingerprint density at radius 1 is 1.43 bits per heavy atom. The zero-order valence-corrected chi connectivity index (χ0v) is 13.6. The monoisotopic (exact) mass is 377 g/mol. The van der Waals surface area contributed by atoms with E-state index in [4.69, 9.17) is 10.2 Å². The molecule has 1 fully saturated rings. The molecule has 21 heavy (non-hydrogen) atoms. The molecule has 0 amide bonds. The van der Waals surface area contributed by atoms with Crippen molar-refractivity contribution in [2.45, 2.75) is 17.7 Å². The minimum absolute atomic E-state index is 0.0282. The molecule has 1 aromatic carbocycles. The number of rotatable bonds is 5. The Hall–Kier alpha value is -0.960. The first-order valence-corrected chi connectivity index (χ1v) is 8.73. The van der Waals surface area contributed by atoms with E-state index in [1.165, 1.54) is 22.5 Å². The Morgan fingerprint density at radius 2 is 2.14 bits per heavy atom. The average Bonchev–Trinajstić information content (AvgIpc) is 2.88. The van der Waals surface area contributed by atoms with E-state index in [0.29, 0.717) is 19.5 Å². The molecule has 1 saturated heterocycles. The van der Waals surface area contributed by atoms with E-state index in [0.717, 1.165) is 6.42 Å². The second-order valence-corrected chi connectivity index (χ2v) is 7.74. The van der Waals surface area contributed by atoms with Crippen molar-refractivity contribution in [1.29, 1.82) is 0 Å². The molecule has 0 bridgehead atoms. The second kappa shape index (κ2) is 6.43. The van der Waals surface area contributed by atoms with Crippen LogP contribution in [0.4, 0.5) is 0 Å². The lowest BCUT2D eigenvalue weighted by molar-refractivity contribution is 0.0696. The van der Waals surface area contributed by atoms with Gasteiger partial charge in [0.1, 0.15) is 0 Å². The van der Waals surface area contributed by atoms with E-state index in [2.05, 4.69) is 15.9 Å². The molecule has 0 radical (unpaired) electrons. The van der Waals surface area contributed by atoms with Crippen LogP contribution in [-0.4, -0.2) is 48.6 Å². The van der Waals surface area contributed by atoms with E-state index >= 15 is 0 Å². The highest BCUT2D eigenvalue weighted by molar-refractivity contribution is 9.10. The molecule has 2 rings (SSSR count). The third-order valence-electron chi connectivity index (χ3n) is 3.58. The van der Waals surface area contributed by atoms with Gasteiger partial charge in [0.05, 0.1) is 10.5 Å². The van der Waals surface area contributed by atoms with E-state index in [9.17, 15) is 13.2 Å². The van der Waals surface area contributed by atoms with Crippen LogP contribution in [0.3, 0.4) is 0 Å². The topological polar surface area (TPSA) is 94.9 Å². The van der Waals surface area contributed by atoms with Crippen molar-refractivity contribution in [3.63, 3.8) is 0 Å². The van der Waals surface area contributed by atoms with Crippen LogP contribution in [0.1, 0.15) is 23.2 Å². The molecule has 0 spiro atoms. The molecule has 1 atom stereocenters. The zero-order valence-electron chi connectivity index (χ0n) is 11.2. The van der Waals surface area contributed by atoms with Gasteiger partial charge in [-0.2, -0.15) is 4.31 Å². The second-order valence-electron chi connectivity index (χ2n) is 4.98. The molecular formula is C13H16BrNO5S. The van der Waals surface area contributed by atoms with Gasteiger partial charge in [0, 0.05) is 24.2 Å². The van der Waals surface area contributed by atoms with Crippen LogP contribution in [0.25, 0.3) is 0 Å². The van der Waals surface area contributed by atoms with Crippen molar-refractivity contribution in [3.8, 4) is 0 Å². The number of carboxylic acid groups (broad SMARTS) is 1. The Kier molecular flexibility index (Phi) is 5.03. The molecule has 6 nitrogen and oxygen atoms in total. The highest BCUT2D eigenvalue weighted by Crippen LogP contribution is 2.30. The Bertz CT molecular complexity index is 646. The molecule has 116 valence electrons. The summed E-state index contributed by atoms with van der Waals surface area (Å²) in [7, 11) is -3.65. The molecule has 8 heteroatoms.